The van der Waals surface area contributed by atoms with Crippen molar-refractivity contribution in [3.63, 3.8) is 0 Å². The second-order valence-electron chi connectivity index (χ2n) is 13.6. The summed E-state index contributed by atoms with van der Waals surface area (Å²) in [5.41, 5.74) is 8.26. The van der Waals surface area contributed by atoms with Crippen molar-refractivity contribution < 1.29 is 8.83 Å². The molecule has 0 amide bonds. The van der Waals surface area contributed by atoms with Crippen LogP contribution in [0.15, 0.2) is 167 Å². The van der Waals surface area contributed by atoms with E-state index in [1.807, 2.05) is 0 Å². The summed E-state index contributed by atoms with van der Waals surface area (Å²) in [5, 5.41) is 17.1. The van der Waals surface area contributed by atoms with Gasteiger partial charge in [-0.3, -0.25) is 0 Å². The van der Waals surface area contributed by atoms with E-state index in [1.54, 1.807) is 0 Å². The Hall–Kier alpha value is -6.64. The van der Waals surface area contributed by atoms with Crippen molar-refractivity contribution in [2.45, 2.75) is 0 Å². The number of benzene rings is 10. The van der Waals surface area contributed by atoms with Crippen LogP contribution in [0.5, 0.6) is 0 Å². The molecule has 0 radical (unpaired) electrons. The molecule has 0 bridgehead atoms. The molecule has 10 aromatic carbocycles. The Balaban J connectivity index is 1.05. The molecule has 0 aliphatic carbocycles. The quantitative estimate of drug-likeness (QED) is 0.177. The first-order valence-electron chi connectivity index (χ1n) is 17.2. The summed E-state index contributed by atoms with van der Waals surface area (Å²) in [6.07, 6.45) is 0. The third kappa shape index (κ3) is 3.47. The maximum Gasteiger partial charge on any atom is 0.143 e. The lowest BCUT2D eigenvalue weighted by molar-refractivity contribution is 0.670. The molecule has 0 atom stereocenters. The SMILES string of the molecule is c1ccc2c(c1)ccc1oc3c(-c4cc5ccc6cc(-c7cccc8c7oc7ccc9ccccc9c78)cc7ccc(c4)c5c67)cccc3c12. The minimum Gasteiger partial charge on any atom is -0.455 e. The van der Waals surface area contributed by atoms with Crippen LogP contribution in [0.2, 0.25) is 0 Å². The maximum absolute atomic E-state index is 6.61. The molecule has 230 valence electrons. The van der Waals surface area contributed by atoms with E-state index in [4.69, 9.17) is 8.83 Å². The van der Waals surface area contributed by atoms with Gasteiger partial charge in [0.05, 0.1) is 0 Å². The van der Waals surface area contributed by atoms with Gasteiger partial charge in [-0.25, -0.2) is 0 Å². The Morgan fingerprint density at radius 1 is 0.280 bits per heavy atom. The molecule has 0 aliphatic rings. The fourth-order valence-corrected chi connectivity index (χ4v) is 8.74. The van der Waals surface area contributed by atoms with E-state index in [-0.39, 0.29) is 0 Å². The van der Waals surface area contributed by atoms with Crippen molar-refractivity contribution in [2.75, 3.05) is 0 Å². The molecule has 0 spiro atoms. The van der Waals surface area contributed by atoms with E-state index in [2.05, 4.69) is 158 Å². The van der Waals surface area contributed by atoms with E-state index >= 15 is 0 Å². The number of rotatable bonds is 2. The minimum absolute atomic E-state index is 0.923. The molecule has 0 N–H and O–H groups in total. The summed E-state index contributed by atoms with van der Waals surface area (Å²) in [4.78, 5) is 0. The van der Waals surface area contributed by atoms with Gasteiger partial charge in [-0.15, -0.1) is 0 Å². The number of hydrogen-bond donors (Lipinski definition) is 0. The molecular formula is C48H26O2. The predicted molar refractivity (Wildman–Crippen MR) is 211 cm³/mol. The first kappa shape index (κ1) is 26.3. The average molecular weight is 635 g/mol. The molecular weight excluding hydrogens is 609 g/mol. The number of hydrogen-bond acceptors (Lipinski definition) is 2. The van der Waals surface area contributed by atoms with Gasteiger partial charge in [0.2, 0.25) is 0 Å². The molecule has 12 rings (SSSR count). The van der Waals surface area contributed by atoms with Crippen LogP contribution in [-0.4, -0.2) is 0 Å². The largest absolute Gasteiger partial charge is 0.455 e. The molecule has 2 nitrogen and oxygen atoms in total. The van der Waals surface area contributed by atoms with Gasteiger partial charge in [0.15, 0.2) is 0 Å². The van der Waals surface area contributed by atoms with Gasteiger partial charge in [0, 0.05) is 32.7 Å². The summed E-state index contributed by atoms with van der Waals surface area (Å²) in [7, 11) is 0. The molecule has 0 unspecified atom stereocenters. The van der Waals surface area contributed by atoms with E-state index in [0.29, 0.717) is 0 Å². The van der Waals surface area contributed by atoms with Crippen molar-refractivity contribution in [3.8, 4) is 22.3 Å². The Bertz CT molecular complexity index is 3080. The van der Waals surface area contributed by atoms with Crippen molar-refractivity contribution in [2.24, 2.45) is 0 Å². The Morgan fingerprint density at radius 3 is 1.10 bits per heavy atom. The van der Waals surface area contributed by atoms with Crippen molar-refractivity contribution in [3.05, 3.63) is 158 Å². The van der Waals surface area contributed by atoms with Crippen molar-refractivity contribution in [1.29, 1.82) is 0 Å². The zero-order chi connectivity index (χ0) is 32.5. The molecule has 50 heavy (non-hydrogen) atoms. The Morgan fingerprint density at radius 2 is 0.660 bits per heavy atom. The minimum atomic E-state index is 0.923. The zero-order valence-electron chi connectivity index (χ0n) is 26.8. The van der Waals surface area contributed by atoms with Gasteiger partial charge in [0.25, 0.3) is 0 Å². The predicted octanol–water partition coefficient (Wildman–Crippen LogP) is 14.0. The van der Waals surface area contributed by atoms with Gasteiger partial charge < -0.3 is 8.83 Å². The fourth-order valence-electron chi connectivity index (χ4n) is 8.74. The fraction of sp³-hybridized carbons (Fsp3) is 0. The van der Waals surface area contributed by atoms with Crippen molar-refractivity contribution in [1.82, 2.24) is 0 Å². The summed E-state index contributed by atoms with van der Waals surface area (Å²) < 4.78 is 13.2. The van der Waals surface area contributed by atoms with Gasteiger partial charge in [-0.1, -0.05) is 121 Å². The molecule has 12 aromatic rings. The summed E-state index contributed by atoms with van der Waals surface area (Å²) in [6.45, 7) is 0. The average Bonchev–Trinajstić information content (AvgIpc) is 3.76. The van der Waals surface area contributed by atoms with Crippen LogP contribution >= 0.6 is 0 Å². The lowest BCUT2D eigenvalue weighted by Crippen LogP contribution is -1.88. The van der Waals surface area contributed by atoms with Crippen LogP contribution in [-0.2, 0) is 0 Å². The molecule has 2 aromatic heterocycles. The molecule has 0 aliphatic heterocycles. The third-order valence-electron chi connectivity index (χ3n) is 10.9. The topological polar surface area (TPSA) is 26.3 Å². The van der Waals surface area contributed by atoms with Gasteiger partial charge >= 0.3 is 0 Å². The first-order chi connectivity index (χ1) is 24.8. The zero-order valence-corrected chi connectivity index (χ0v) is 26.8. The van der Waals surface area contributed by atoms with E-state index in [0.717, 1.165) is 55.4 Å². The second kappa shape index (κ2) is 9.49. The molecule has 0 saturated heterocycles. The van der Waals surface area contributed by atoms with Gasteiger partial charge in [0.1, 0.15) is 22.3 Å². The lowest BCUT2D eigenvalue weighted by atomic mass is 9.89. The number of fused-ring (bicyclic) bond motifs is 10. The summed E-state index contributed by atoms with van der Waals surface area (Å²) in [5.74, 6) is 0. The molecule has 0 saturated carbocycles. The van der Waals surface area contributed by atoms with Crippen LogP contribution < -0.4 is 0 Å². The Kier molecular flexibility index (Phi) is 5.00. The Labute approximate surface area is 285 Å². The highest BCUT2D eigenvalue weighted by atomic mass is 16.3. The van der Waals surface area contributed by atoms with Crippen LogP contribution in [0.4, 0.5) is 0 Å². The highest BCUT2D eigenvalue weighted by molar-refractivity contribution is 6.26. The van der Waals surface area contributed by atoms with Gasteiger partial charge in [-0.2, -0.15) is 0 Å². The third-order valence-corrected chi connectivity index (χ3v) is 10.9. The monoisotopic (exact) mass is 634 g/mol. The lowest BCUT2D eigenvalue weighted by Gasteiger charge is -2.15. The van der Waals surface area contributed by atoms with Crippen LogP contribution in [0, 0.1) is 0 Å². The number of furan rings is 2. The highest BCUT2D eigenvalue weighted by Gasteiger charge is 2.19. The van der Waals surface area contributed by atoms with Crippen molar-refractivity contribution >= 4 is 97.7 Å². The summed E-state index contributed by atoms with van der Waals surface area (Å²) in [6, 6.07) is 57.1. The smallest absolute Gasteiger partial charge is 0.143 e. The van der Waals surface area contributed by atoms with Gasteiger partial charge in [-0.05, 0) is 101 Å². The molecule has 2 heteroatoms. The van der Waals surface area contributed by atoms with E-state index < -0.39 is 0 Å². The normalized spacial score (nSPS) is 12.4. The highest BCUT2D eigenvalue weighted by Crippen LogP contribution is 2.45. The van der Waals surface area contributed by atoms with Crippen LogP contribution in [0.25, 0.3) is 120 Å². The van der Waals surface area contributed by atoms with Crippen LogP contribution in [0.1, 0.15) is 0 Å². The van der Waals surface area contributed by atoms with E-state index in [1.165, 1.54) is 64.6 Å². The summed E-state index contributed by atoms with van der Waals surface area (Å²) >= 11 is 0. The standard InChI is InChI=1S/C48H26O2/c1-3-9-35-27(7-1)19-21-41-45(35)39-13-5-11-37(47(39)49-41)33-23-29-15-17-31-25-34(26-32-18-16-30(24-33)43(29)44(31)32)38-12-6-14-40-46-36-10-4-2-8-28(36)20-22-42(46)50-48(38)40/h1-26H. The van der Waals surface area contributed by atoms with Crippen LogP contribution in [0.3, 0.4) is 0 Å². The first-order valence-corrected chi connectivity index (χ1v) is 17.2. The molecule has 0 fully saturated rings. The second-order valence-corrected chi connectivity index (χ2v) is 13.6. The number of para-hydroxylation sites is 2. The molecule has 2 heterocycles. The maximum atomic E-state index is 6.61. The van der Waals surface area contributed by atoms with E-state index in [9.17, 15) is 0 Å².